The zero-order valence-corrected chi connectivity index (χ0v) is 11.8. The fourth-order valence-corrected chi connectivity index (χ4v) is 1.94. The molecule has 2 amide bonds. The van der Waals surface area contributed by atoms with Gasteiger partial charge in [0, 0.05) is 30.4 Å². The number of hydrogen-bond acceptors (Lipinski definition) is 3. The third-order valence-corrected chi connectivity index (χ3v) is 2.77. The molecule has 0 fully saturated rings. The van der Waals surface area contributed by atoms with Crippen molar-refractivity contribution in [2.24, 2.45) is 7.05 Å². The van der Waals surface area contributed by atoms with Gasteiger partial charge in [0.05, 0.1) is 0 Å². The molecule has 0 saturated carbocycles. The highest BCUT2D eigenvalue weighted by Crippen LogP contribution is 2.11. The van der Waals surface area contributed by atoms with E-state index in [1.807, 2.05) is 0 Å². The van der Waals surface area contributed by atoms with Crippen molar-refractivity contribution in [3.8, 4) is 0 Å². The molecule has 7 heteroatoms. The van der Waals surface area contributed by atoms with Crippen LogP contribution in [-0.2, 0) is 7.05 Å². The summed E-state index contributed by atoms with van der Waals surface area (Å²) in [4.78, 5) is 23.3. The van der Waals surface area contributed by atoms with E-state index in [0.29, 0.717) is 10.9 Å². The van der Waals surface area contributed by atoms with Crippen molar-refractivity contribution in [1.82, 2.24) is 9.88 Å². The topological polar surface area (TPSA) is 83.4 Å². The molecule has 0 spiro atoms. The van der Waals surface area contributed by atoms with E-state index in [2.05, 4.69) is 26.6 Å². The predicted octanol–water partition coefficient (Wildman–Crippen LogP) is 1.04. The van der Waals surface area contributed by atoms with Gasteiger partial charge >= 0.3 is 6.03 Å². The molecule has 0 aliphatic carbocycles. The third kappa shape index (κ3) is 4.15. The Hall–Kier alpha value is -1.34. The standard InChI is InChI=1S/C11H16BrN3O3/c1-7(3-4-16)13-11(18)14-9-5-8(12)6-15(2)10(9)17/h5-7,16H,3-4H2,1-2H3,(H2,13,14,18)/t7-/m1/s1. The Balaban J connectivity index is 2.73. The van der Waals surface area contributed by atoms with E-state index in [0.717, 1.165) is 0 Å². The summed E-state index contributed by atoms with van der Waals surface area (Å²) >= 11 is 3.25. The summed E-state index contributed by atoms with van der Waals surface area (Å²) < 4.78 is 2.07. The minimum Gasteiger partial charge on any atom is -0.396 e. The quantitative estimate of drug-likeness (QED) is 0.776. The van der Waals surface area contributed by atoms with E-state index < -0.39 is 6.03 Å². The number of aliphatic hydroxyl groups is 1. The van der Waals surface area contributed by atoms with Crippen LogP contribution in [0.1, 0.15) is 13.3 Å². The zero-order valence-electron chi connectivity index (χ0n) is 10.2. The lowest BCUT2D eigenvalue weighted by atomic mass is 10.2. The van der Waals surface area contributed by atoms with E-state index in [4.69, 9.17) is 5.11 Å². The number of carbonyl (C=O) groups is 1. The van der Waals surface area contributed by atoms with Gasteiger partial charge in [-0.15, -0.1) is 0 Å². The van der Waals surface area contributed by atoms with Crippen LogP contribution in [0, 0.1) is 0 Å². The number of nitrogens with one attached hydrogen (secondary N) is 2. The third-order valence-electron chi connectivity index (χ3n) is 2.34. The lowest BCUT2D eigenvalue weighted by Crippen LogP contribution is -2.38. The van der Waals surface area contributed by atoms with Crippen LogP contribution >= 0.6 is 15.9 Å². The molecular weight excluding hydrogens is 302 g/mol. The molecule has 1 heterocycles. The molecule has 0 aromatic carbocycles. The Bertz CT molecular complexity index is 487. The maximum absolute atomic E-state index is 11.7. The first-order valence-electron chi connectivity index (χ1n) is 5.48. The summed E-state index contributed by atoms with van der Waals surface area (Å²) in [6.45, 7) is 1.77. The fraction of sp³-hybridized carbons (Fsp3) is 0.455. The van der Waals surface area contributed by atoms with Crippen LogP contribution in [0.2, 0.25) is 0 Å². The van der Waals surface area contributed by atoms with Gasteiger partial charge in [-0.1, -0.05) is 0 Å². The normalized spacial score (nSPS) is 12.0. The summed E-state index contributed by atoms with van der Waals surface area (Å²) in [5.41, 5.74) is -0.0938. The van der Waals surface area contributed by atoms with Crippen LogP contribution in [0.4, 0.5) is 10.5 Å². The molecule has 18 heavy (non-hydrogen) atoms. The van der Waals surface area contributed by atoms with E-state index in [9.17, 15) is 9.59 Å². The number of aromatic nitrogens is 1. The van der Waals surface area contributed by atoms with E-state index in [-0.39, 0.29) is 23.9 Å². The second-order valence-corrected chi connectivity index (χ2v) is 4.92. The SMILES string of the molecule is C[C@H](CCO)NC(=O)Nc1cc(Br)cn(C)c1=O. The Morgan fingerprint density at radius 2 is 2.28 bits per heavy atom. The molecule has 6 nitrogen and oxygen atoms in total. The molecule has 100 valence electrons. The molecule has 0 aliphatic heterocycles. The first kappa shape index (κ1) is 14.7. The zero-order chi connectivity index (χ0) is 13.7. The summed E-state index contributed by atoms with van der Waals surface area (Å²) in [6.07, 6.45) is 2.07. The maximum atomic E-state index is 11.7. The second kappa shape index (κ2) is 6.55. The highest BCUT2D eigenvalue weighted by Gasteiger charge is 2.10. The van der Waals surface area contributed by atoms with Crippen LogP contribution in [0.5, 0.6) is 0 Å². The van der Waals surface area contributed by atoms with Crippen molar-refractivity contribution in [2.45, 2.75) is 19.4 Å². The lowest BCUT2D eigenvalue weighted by Gasteiger charge is -2.13. The average molecular weight is 318 g/mol. The number of anilines is 1. The van der Waals surface area contributed by atoms with Gasteiger partial charge in [-0.2, -0.15) is 0 Å². The summed E-state index contributed by atoms with van der Waals surface area (Å²) in [5, 5.41) is 13.8. The van der Waals surface area contributed by atoms with E-state index in [1.165, 1.54) is 4.57 Å². The van der Waals surface area contributed by atoms with Crippen LogP contribution in [-0.4, -0.2) is 28.4 Å². The van der Waals surface area contributed by atoms with Gasteiger partial charge in [0.25, 0.3) is 5.56 Å². The predicted molar refractivity (Wildman–Crippen MR) is 72.7 cm³/mol. The fourth-order valence-electron chi connectivity index (χ4n) is 1.41. The molecule has 1 aromatic heterocycles. The van der Waals surface area contributed by atoms with Gasteiger partial charge in [0.15, 0.2) is 0 Å². The monoisotopic (exact) mass is 317 g/mol. The minimum absolute atomic E-state index is 0.0000966. The second-order valence-electron chi connectivity index (χ2n) is 4.00. The molecular formula is C11H16BrN3O3. The number of pyridine rings is 1. The number of rotatable bonds is 4. The number of urea groups is 1. The number of amides is 2. The van der Waals surface area contributed by atoms with E-state index in [1.54, 1.807) is 26.2 Å². The van der Waals surface area contributed by atoms with Crippen molar-refractivity contribution in [3.05, 3.63) is 27.1 Å². The van der Waals surface area contributed by atoms with Gasteiger partial charge in [-0.25, -0.2) is 4.79 Å². The van der Waals surface area contributed by atoms with Crippen molar-refractivity contribution in [1.29, 1.82) is 0 Å². The number of halogens is 1. The molecule has 0 bridgehead atoms. The highest BCUT2D eigenvalue weighted by molar-refractivity contribution is 9.10. The van der Waals surface area contributed by atoms with Gasteiger partial charge < -0.3 is 20.3 Å². The minimum atomic E-state index is -0.467. The number of aliphatic hydroxyl groups excluding tert-OH is 1. The van der Waals surface area contributed by atoms with Crippen LogP contribution in [0.15, 0.2) is 21.5 Å². The average Bonchev–Trinajstić information content (AvgIpc) is 2.25. The molecule has 1 atom stereocenters. The number of carbonyl (C=O) groups excluding carboxylic acids is 1. The molecule has 0 saturated heterocycles. The van der Waals surface area contributed by atoms with Gasteiger partial charge in [0.1, 0.15) is 5.69 Å². The molecule has 0 aliphatic rings. The number of nitrogens with zero attached hydrogens (tertiary/aromatic N) is 1. The van der Waals surface area contributed by atoms with Gasteiger partial charge in [0.2, 0.25) is 0 Å². The number of aryl methyl sites for hydroxylation is 1. The molecule has 0 radical (unpaired) electrons. The Morgan fingerprint density at radius 3 is 2.89 bits per heavy atom. The van der Waals surface area contributed by atoms with Crippen molar-refractivity contribution >= 4 is 27.6 Å². The molecule has 1 aromatic rings. The Kier molecular flexibility index (Phi) is 5.36. The summed E-state index contributed by atoms with van der Waals surface area (Å²) in [6, 6.07) is 0.913. The van der Waals surface area contributed by atoms with E-state index >= 15 is 0 Å². The first-order chi connectivity index (χ1) is 8.43. The van der Waals surface area contributed by atoms with Crippen molar-refractivity contribution in [2.75, 3.05) is 11.9 Å². The van der Waals surface area contributed by atoms with Crippen molar-refractivity contribution in [3.63, 3.8) is 0 Å². The maximum Gasteiger partial charge on any atom is 0.319 e. The first-order valence-corrected chi connectivity index (χ1v) is 6.28. The van der Waals surface area contributed by atoms with Gasteiger partial charge in [-0.3, -0.25) is 4.79 Å². The number of hydrogen-bond donors (Lipinski definition) is 3. The lowest BCUT2D eigenvalue weighted by molar-refractivity contribution is 0.241. The Morgan fingerprint density at radius 1 is 1.61 bits per heavy atom. The van der Waals surface area contributed by atoms with Crippen LogP contribution in [0.3, 0.4) is 0 Å². The van der Waals surface area contributed by atoms with Gasteiger partial charge in [-0.05, 0) is 35.3 Å². The molecule has 0 unspecified atom stereocenters. The largest absolute Gasteiger partial charge is 0.396 e. The Labute approximate surface area is 113 Å². The molecule has 3 N–H and O–H groups in total. The molecule has 1 rings (SSSR count). The van der Waals surface area contributed by atoms with Crippen LogP contribution < -0.4 is 16.2 Å². The summed E-state index contributed by atoms with van der Waals surface area (Å²) in [7, 11) is 1.60. The van der Waals surface area contributed by atoms with Crippen molar-refractivity contribution < 1.29 is 9.90 Å². The summed E-state index contributed by atoms with van der Waals surface area (Å²) in [5.74, 6) is 0. The van der Waals surface area contributed by atoms with Crippen LogP contribution in [0.25, 0.3) is 0 Å². The smallest absolute Gasteiger partial charge is 0.319 e. The highest BCUT2D eigenvalue weighted by atomic mass is 79.9.